The summed E-state index contributed by atoms with van der Waals surface area (Å²) in [5.74, 6) is 1.71. The number of piperidine rings is 1. The van der Waals surface area contributed by atoms with Crippen LogP contribution in [0.25, 0.3) is 11.1 Å². The third kappa shape index (κ3) is 1.75. The van der Waals surface area contributed by atoms with Gasteiger partial charge in [0.05, 0.1) is 0 Å². The Hall–Kier alpha value is -2.10. The standard InChI is InChI=1S/C16H17N3O/c20-16-14(13-4-1-7-17-9-13)5-6-15-18-8-2-3-12(10-18)11-19(15)16/h1,4-7,9,12H,2-3,8,10-11H2. The van der Waals surface area contributed by atoms with E-state index in [1.165, 1.54) is 12.8 Å². The van der Waals surface area contributed by atoms with Gasteiger partial charge in [-0.05, 0) is 37.0 Å². The van der Waals surface area contributed by atoms with Crippen LogP contribution in [0.5, 0.6) is 0 Å². The van der Waals surface area contributed by atoms with Gasteiger partial charge in [-0.15, -0.1) is 0 Å². The van der Waals surface area contributed by atoms with Crippen LogP contribution in [-0.4, -0.2) is 22.6 Å². The predicted molar refractivity (Wildman–Crippen MR) is 78.9 cm³/mol. The van der Waals surface area contributed by atoms with Crippen LogP contribution in [-0.2, 0) is 6.54 Å². The third-order valence-electron chi connectivity index (χ3n) is 4.41. The predicted octanol–water partition coefficient (Wildman–Crippen LogP) is 2.14. The summed E-state index contributed by atoms with van der Waals surface area (Å²) in [5.41, 5.74) is 1.77. The van der Waals surface area contributed by atoms with Crippen molar-refractivity contribution in [2.75, 3.05) is 18.0 Å². The molecule has 0 aliphatic carbocycles. The summed E-state index contributed by atoms with van der Waals surface area (Å²) in [4.78, 5) is 19.2. The Morgan fingerprint density at radius 2 is 2.15 bits per heavy atom. The van der Waals surface area contributed by atoms with Crippen molar-refractivity contribution in [1.29, 1.82) is 0 Å². The lowest BCUT2D eigenvalue weighted by Crippen LogP contribution is -2.46. The van der Waals surface area contributed by atoms with Gasteiger partial charge in [0.25, 0.3) is 5.56 Å². The minimum Gasteiger partial charge on any atom is -0.358 e. The minimum atomic E-state index is 0.118. The van der Waals surface area contributed by atoms with Gasteiger partial charge in [0.1, 0.15) is 5.82 Å². The Labute approximate surface area is 117 Å². The molecule has 20 heavy (non-hydrogen) atoms. The Morgan fingerprint density at radius 1 is 1.20 bits per heavy atom. The summed E-state index contributed by atoms with van der Waals surface area (Å²) in [6.45, 7) is 3.03. The zero-order valence-corrected chi connectivity index (χ0v) is 11.3. The Balaban J connectivity index is 1.86. The summed E-state index contributed by atoms with van der Waals surface area (Å²) in [6, 6.07) is 7.85. The van der Waals surface area contributed by atoms with Crippen LogP contribution in [0.15, 0.2) is 41.5 Å². The molecule has 1 saturated heterocycles. The molecule has 2 aliphatic heterocycles. The quantitative estimate of drug-likeness (QED) is 0.794. The van der Waals surface area contributed by atoms with Crippen molar-refractivity contribution in [3.8, 4) is 11.1 Å². The van der Waals surface area contributed by atoms with Crippen molar-refractivity contribution in [2.24, 2.45) is 5.92 Å². The van der Waals surface area contributed by atoms with Gasteiger partial charge in [-0.3, -0.25) is 14.3 Å². The number of aromatic nitrogens is 2. The molecule has 1 fully saturated rings. The first-order valence-corrected chi connectivity index (χ1v) is 7.22. The molecule has 4 nitrogen and oxygen atoms in total. The van der Waals surface area contributed by atoms with Gasteiger partial charge in [-0.1, -0.05) is 6.07 Å². The summed E-state index contributed by atoms with van der Waals surface area (Å²) >= 11 is 0. The van der Waals surface area contributed by atoms with E-state index in [4.69, 9.17) is 0 Å². The monoisotopic (exact) mass is 267 g/mol. The highest BCUT2D eigenvalue weighted by atomic mass is 16.1. The summed E-state index contributed by atoms with van der Waals surface area (Å²) in [5, 5.41) is 0. The van der Waals surface area contributed by atoms with Crippen LogP contribution < -0.4 is 10.5 Å². The summed E-state index contributed by atoms with van der Waals surface area (Å²) < 4.78 is 1.95. The van der Waals surface area contributed by atoms with E-state index in [2.05, 4.69) is 16.0 Å². The zero-order chi connectivity index (χ0) is 13.5. The summed E-state index contributed by atoms with van der Waals surface area (Å²) in [6.07, 6.45) is 5.96. The number of hydrogen-bond donors (Lipinski definition) is 0. The molecule has 0 aromatic carbocycles. The average molecular weight is 267 g/mol. The van der Waals surface area contributed by atoms with Gasteiger partial charge in [-0.25, -0.2) is 0 Å². The van der Waals surface area contributed by atoms with E-state index in [-0.39, 0.29) is 5.56 Å². The van der Waals surface area contributed by atoms with Gasteiger partial charge in [0.15, 0.2) is 0 Å². The fraction of sp³-hybridized carbons (Fsp3) is 0.375. The van der Waals surface area contributed by atoms with Crippen molar-refractivity contribution in [1.82, 2.24) is 9.55 Å². The van der Waals surface area contributed by atoms with Crippen LogP contribution in [0.1, 0.15) is 12.8 Å². The van der Waals surface area contributed by atoms with E-state index in [1.54, 1.807) is 12.4 Å². The molecular weight excluding hydrogens is 250 g/mol. The molecule has 2 aromatic rings. The molecule has 0 saturated carbocycles. The molecular formula is C16H17N3O. The second kappa shape index (κ2) is 4.47. The lowest BCUT2D eigenvalue weighted by molar-refractivity contribution is 0.329. The van der Waals surface area contributed by atoms with E-state index >= 15 is 0 Å². The Kier molecular flexibility index (Phi) is 2.62. The molecule has 0 radical (unpaired) electrons. The van der Waals surface area contributed by atoms with Crippen molar-refractivity contribution >= 4 is 5.82 Å². The average Bonchev–Trinajstić information content (AvgIpc) is 2.50. The highest BCUT2D eigenvalue weighted by molar-refractivity contribution is 5.63. The second-order valence-electron chi connectivity index (χ2n) is 5.72. The fourth-order valence-corrected chi connectivity index (χ4v) is 3.44. The van der Waals surface area contributed by atoms with E-state index in [1.807, 2.05) is 22.8 Å². The summed E-state index contributed by atoms with van der Waals surface area (Å²) in [7, 11) is 0. The molecule has 2 aliphatic rings. The first-order chi connectivity index (χ1) is 9.83. The van der Waals surface area contributed by atoms with E-state index in [0.29, 0.717) is 5.92 Å². The highest BCUT2D eigenvalue weighted by Gasteiger charge is 2.28. The number of pyridine rings is 2. The van der Waals surface area contributed by atoms with E-state index < -0.39 is 0 Å². The lowest BCUT2D eigenvalue weighted by atomic mass is 9.95. The van der Waals surface area contributed by atoms with Crippen molar-refractivity contribution in [3.63, 3.8) is 0 Å². The van der Waals surface area contributed by atoms with Crippen molar-refractivity contribution in [2.45, 2.75) is 19.4 Å². The zero-order valence-electron chi connectivity index (χ0n) is 11.3. The van der Waals surface area contributed by atoms with Gasteiger partial charge in [0.2, 0.25) is 0 Å². The largest absolute Gasteiger partial charge is 0.358 e. The Bertz CT molecular complexity index is 693. The Morgan fingerprint density at radius 3 is 3.00 bits per heavy atom. The molecule has 2 bridgehead atoms. The minimum absolute atomic E-state index is 0.118. The van der Waals surface area contributed by atoms with Gasteiger partial charge >= 0.3 is 0 Å². The molecule has 4 rings (SSSR count). The first-order valence-electron chi connectivity index (χ1n) is 7.22. The number of anilines is 1. The normalized spacial score (nSPS) is 20.6. The van der Waals surface area contributed by atoms with Crippen LogP contribution in [0, 0.1) is 5.92 Å². The number of hydrogen-bond acceptors (Lipinski definition) is 3. The van der Waals surface area contributed by atoms with Crippen LogP contribution in [0.2, 0.25) is 0 Å². The third-order valence-corrected chi connectivity index (χ3v) is 4.41. The topological polar surface area (TPSA) is 38.1 Å². The fourth-order valence-electron chi connectivity index (χ4n) is 3.44. The maximum absolute atomic E-state index is 12.8. The second-order valence-corrected chi connectivity index (χ2v) is 5.72. The molecule has 1 unspecified atom stereocenters. The van der Waals surface area contributed by atoms with Crippen LogP contribution in [0.3, 0.4) is 0 Å². The maximum Gasteiger partial charge on any atom is 0.260 e. The van der Waals surface area contributed by atoms with Crippen LogP contribution >= 0.6 is 0 Å². The van der Waals surface area contributed by atoms with E-state index in [0.717, 1.165) is 36.6 Å². The first kappa shape index (κ1) is 11.7. The maximum atomic E-state index is 12.8. The SMILES string of the molecule is O=c1c(-c2cccnc2)ccc2n1CC1CCCN2C1. The highest BCUT2D eigenvalue weighted by Crippen LogP contribution is 2.30. The van der Waals surface area contributed by atoms with Gasteiger partial charge in [0, 0.05) is 43.2 Å². The van der Waals surface area contributed by atoms with Crippen molar-refractivity contribution < 1.29 is 0 Å². The van der Waals surface area contributed by atoms with Gasteiger partial charge < -0.3 is 4.90 Å². The van der Waals surface area contributed by atoms with Gasteiger partial charge in [-0.2, -0.15) is 0 Å². The molecule has 4 heteroatoms. The van der Waals surface area contributed by atoms with E-state index in [9.17, 15) is 4.79 Å². The molecule has 2 aromatic heterocycles. The number of fused-ring (bicyclic) bond motifs is 4. The molecule has 0 amide bonds. The van der Waals surface area contributed by atoms with Crippen LogP contribution in [0.4, 0.5) is 5.82 Å². The lowest BCUT2D eigenvalue weighted by Gasteiger charge is -2.41. The van der Waals surface area contributed by atoms with Crippen molar-refractivity contribution in [3.05, 3.63) is 47.0 Å². The molecule has 0 spiro atoms. The molecule has 4 heterocycles. The molecule has 102 valence electrons. The number of rotatable bonds is 1. The number of nitrogens with zero attached hydrogens (tertiary/aromatic N) is 3. The molecule has 0 N–H and O–H groups in total. The smallest absolute Gasteiger partial charge is 0.260 e. The molecule has 1 atom stereocenters.